The molecule has 0 aliphatic carbocycles. The van der Waals surface area contributed by atoms with Crippen LogP contribution in [0, 0.1) is 0 Å². The molecule has 2 heterocycles. The van der Waals surface area contributed by atoms with Crippen LogP contribution >= 0.6 is 0 Å². The van der Waals surface area contributed by atoms with Gasteiger partial charge in [0.15, 0.2) is 0 Å². The summed E-state index contributed by atoms with van der Waals surface area (Å²) < 4.78 is 1.87. The van der Waals surface area contributed by atoms with Crippen molar-refractivity contribution >= 4 is 6.03 Å². The van der Waals surface area contributed by atoms with Crippen molar-refractivity contribution < 1.29 is 4.79 Å². The lowest BCUT2D eigenvalue weighted by Gasteiger charge is -2.13. The highest BCUT2D eigenvalue weighted by atomic mass is 16.2. The molecule has 1 saturated heterocycles. The first-order valence-electron chi connectivity index (χ1n) is 5.34. The second-order valence-electron chi connectivity index (χ2n) is 3.75. The molecule has 2 N–H and O–H groups in total. The van der Waals surface area contributed by atoms with E-state index >= 15 is 0 Å². The molecule has 1 aromatic rings. The van der Waals surface area contributed by atoms with Crippen LogP contribution in [0.1, 0.15) is 5.82 Å². The third kappa shape index (κ3) is 2.48. The molecule has 7 heteroatoms. The molecule has 0 bridgehead atoms. The average molecular weight is 224 g/mol. The van der Waals surface area contributed by atoms with E-state index in [1.165, 1.54) is 0 Å². The zero-order valence-corrected chi connectivity index (χ0v) is 9.31. The Morgan fingerprint density at radius 2 is 2.50 bits per heavy atom. The van der Waals surface area contributed by atoms with Crippen LogP contribution in [0.5, 0.6) is 0 Å². The third-order valence-corrected chi connectivity index (χ3v) is 2.59. The molecular formula is C9H16N6O. The number of hydrogen-bond donors (Lipinski definition) is 2. The SMILES string of the molecule is Cn1cnnc1CNCCN1CCNC1=O. The molecule has 1 fully saturated rings. The third-order valence-electron chi connectivity index (χ3n) is 2.59. The van der Waals surface area contributed by atoms with Crippen LogP contribution in [-0.2, 0) is 13.6 Å². The maximum Gasteiger partial charge on any atom is 0.317 e. The van der Waals surface area contributed by atoms with Gasteiger partial charge in [0.25, 0.3) is 0 Å². The van der Waals surface area contributed by atoms with E-state index in [2.05, 4.69) is 20.8 Å². The molecule has 0 saturated carbocycles. The molecule has 0 spiro atoms. The van der Waals surface area contributed by atoms with Crippen molar-refractivity contribution in [3.63, 3.8) is 0 Å². The molecular weight excluding hydrogens is 208 g/mol. The van der Waals surface area contributed by atoms with Crippen LogP contribution in [0.4, 0.5) is 4.79 Å². The van der Waals surface area contributed by atoms with Gasteiger partial charge in [-0.05, 0) is 0 Å². The lowest BCUT2D eigenvalue weighted by Crippen LogP contribution is -2.34. The van der Waals surface area contributed by atoms with Crippen molar-refractivity contribution in [1.82, 2.24) is 30.3 Å². The highest BCUT2D eigenvalue weighted by Crippen LogP contribution is 1.95. The number of hydrogen-bond acceptors (Lipinski definition) is 4. The van der Waals surface area contributed by atoms with Crippen LogP contribution < -0.4 is 10.6 Å². The summed E-state index contributed by atoms with van der Waals surface area (Å²) in [7, 11) is 1.91. The van der Waals surface area contributed by atoms with Gasteiger partial charge in [-0.15, -0.1) is 10.2 Å². The van der Waals surface area contributed by atoms with Crippen LogP contribution in [0.2, 0.25) is 0 Å². The monoisotopic (exact) mass is 224 g/mol. The smallest absolute Gasteiger partial charge is 0.317 e. The van der Waals surface area contributed by atoms with Crippen molar-refractivity contribution in [1.29, 1.82) is 0 Å². The van der Waals surface area contributed by atoms with Crippen molar-refractivity contribution in [2.24, 2.45) is 7.05 Å². The minimum atomic E-state index is 0.0282. The van der Waals surface area contributed by atoms with Crippen LogP contribution in [-0.4, -0.2) is 51.9 Å². The molecule has 88 valence electrons. The summed E-state index contributed by atoms with van der Waals surface area (Å²) >= 11 is 0. The number of rotatable bonds is 5. The summed E-state index contributed by atoms with van der Waals surface area (Å²) in [4.78, 5) is 13.0. The Balaban J connectivity index is 1.65. The lowest BCUT2D eigenvalue weighted by molar-refractivity contribution is 0.217. The Labute approximate surface area is 93.8 Å². The van der Waals surface area contributed by atoms with Crippen molar-refractivity contribution in [3.05, 3.63) is 12.2 Å². The van der Waals surface area contributed by atoms with Gasteiger partial charge in [0.2, 0.25) is 0 Å². The maximum atomic E-state index is 11.2. The second kappa shape index (κ2) is 4.93. The van der Waals surface area contributed by atoms with E-state index in [4.69, 9.17) is 0 Å². The van der Waals surface area contributed by atoms with Crippen molar-refractivity contribution in [2.45, 2.75) is 6.54 Å². The predicted octanol–water partition coefficient (Wildman–Crippen LogP) is -1.07. The Morgan fingerprint density at radius 3 is 3.12 bits per heavy atom. The number of nitrogens with one attached hydrogen (secondary N) is 2. The molecule has 2 amide bonds. The Hall–Kier alpha value is -1.63. The molecule has 1 aliphatic heterocycles. The van der Waals surface area contributed by atoms with Crippen LogP contribution in [0.3, 0.4) is 0 Å². The molecule has 1 aliphatic rings. The van der Waals surface area contributed by atoms with E-state index in [1.807, 2.05) is 11.6 Å². The van der Waals surface area contributed by atoms with Gasteiger partial charge in [-0.1, -0.05) is 0 Å². The fourth-order valence-electron chi connectivity index (χ4n) is 1.61. The van der Waals surface area contributed by atoms with Gasteiger partial charge in [-0.2, -0.15) is 0 Å². The molecule has 0 aromatic carbocycles. The van der Waals surface area contributed by atoms with Crippen molar-refractivity contribution in [2.75, 3.05) is 26.2 Å². The van der Waals surface area contributed by atoms with E-state index in [0.717, 1.165) is 32.0 Å². The lowest BCUT2D eigenvalue weighted by atomic mass is 10.5. The summed E-state index contributed by atoms with van der Waals surface area (Å²) in [6.07, 6.45) is 1.67. The summed E-state index contributed by atoms with van der Waals surface area (Å²) in [6, 6.07) is 0.0282. The number of aromatic nitrogens is 3. The average Bonchev–Trinajstić information content (AvgIpc) is 2.84. The molecule has 2 rings (SSSR count). The van der Waals surface area contributed by atoms with E-state index in [9.17, 15) is 4.79 Å². The number of carbonyl (C=O) groups excluding carboxylic acids is 1. The maximum absolute atomic E-state index is 11.2. The molecule has 0 unspecified atom stereocenters. The van der Waals surface area contributed by atoms with Gasteiger partial charge in [0.05, 0.1) is 6.54 Å². The van der Waals surface area contributed by atoms with Gasteiger partial charge in [0, 0.05) is 33.2 Å². The molecule has 0 radical (unpaired) electrons. The Bertz CT molecular complexity index is 363. The van der Waals surface area contributed by atoms with Gasteiger partial charge in [0.1, 0.15) is 12.2 Å². The molecule has 16 heavy (non-hydrogen) atoms. The highest BCUT2D eigenvalue weighted by Gasteiger charge is 2.18. The van der Waals surface area contributed by atoms with E-state index in [0.29, 0.717) is 6.54 Å². The largest absolute Gasteiger partial charge is 0.336 e. The minimum Gasteiger partial charge on any atom is -0.336 e. The Morgan fingerprint density at radius 1 is 1.62 bits per heavy atom. The number of nitrogens with zero attached hydrogens (tertiary/aromatic N) is 4. The Kier molecular flexibility index (Phi) is 3.35. The van der Waals surface area contributed by atoms with Crippen LogP contribution in [0.25, 0.3) is 0 Å². The first-order valence-corrected chi connectivity index (χ1v) is 5.34. The normalized spacial score (nSPS) is 15.6. The first kappa shape index (κ1) is 10.9. The minimum absolute atomic E-state index is 0.0282. The zero-order valence-electron chi connectivity index (χ0n) is 9.31. The number of amides is 2. The summed E-state index contributed by atoms with van der Waals surface area (Å²) in [6.45, 7) is 3.71. The number of urea groups is 1. The van der Waals surface area contributed by atoms with Crippen LogP contribution in [0.15, 0.2) is 6.33 Å². The second-order valence-corrected chi connectivity index (χ2v) is 3.75. The topological polar surface area (TPSA) is 75.1 Å². The number of aryl methyl sites for hydroxylation is 1. The summed E-state index contributed by atoms with van der Waals surface area (Å²) in [5.74, 6) is 0.894. The number of carbonyl (C=O) groups is 1. The quantitative estimate of drug-likeness (QED) is 0.624. The standard InChI is InChI=1S/C9H16N6O/c1-14-7-12-13-8(14)6-10-2-4-15-5-3-11-9(15)16/h7,10H,2-6H2,1H3,(H,11,16). The fourth-order valence-corrected chi connectivity index (χ4v) is 1.61. The fraction of sp³-hybridized carbons (Fsp3) is 0.667. The summed E-state index contributed by atoms with van der Waals surface area (Å²) in [5.41, 5.74) is 0. The first-order chi connectivity index (χ1) is 7.77. The molecule has 1 aromatic heterocycles. The van der Waals surface area contributed by atoms with Gasteiger partial charge in [-0.25, -0.2) is 4.79 Å². The van der Waals surface area contributed by atoms with Crippen molar-refractivity contribution in [3.8, 4) is 0 Å². The van der Waals surface area contributed by atoms with E-state index in [-0.39, 0.29) is 6.03 Å². The summed E-state index contributed by atoms with van der Waals surface area (Å²) in [5, 5.41) is 13.7. The van der Waals surface area contributed by atoms with Gasteiger partial charge >= 0.3 is 6.03 Å². The van der Waals surface area contributed by atoms with E-state index in [1.54, 1.807) is 11.2 Å². The molecule has 0 atom stereocenters. The predicted molar refractivity (Wildman–Crippen MR) is 57.7 cm³/mol. The van der Waals surface area contributed by atoms with E-state index < -0.39 is 0 Å². The highest BCUT2D eigenvalue weighted by molar-refractivity contribution is 5.76. The zero-order chi connectivity index (χ0) is 11.4. The molecule has 7 nitrogen and oxygen atoms in total. The van der Waals surface area contributed by atoms with Gasteiger partial charge < -0.3 is 20.1 Å². The van der Waals surface area contributed by atoms with Gasteiger partial charge in [-0.3, -0.25) is 0 Å².